The van der Waals surface area contributed by atoms with E-state index in [-0.39, 0.29) is 23.8 Å². The van der Waals surface area contributed by atoms with Gasteiger partial charge in [0.05, 0.1) is 0 Å². The number of aromatic nitrogens is 2. The van der Waals surface area contributed by atoms with Crippen LogP contribution in [0.3, 0.4) is 0 Å². The maximum Gasteiger partial charge on any atom is 0.270 e. The summed E-state index contributed by atoms with van der Waals surface area (Å²) in [6, 6.07) is 14.7. The van der Waals surface area contributed by atoms with Gasteiger partial charge in [-0.2, -0.15) is 0 Å². The van der Waals surface area contributed by atoms with Gasteiger partial charge in [0.2, 0.25) is 0 Å². The second-order valence-corrected chi connectivity index (χ2v) is 6.22. The van der Waals surface area contributed by atoms with Gasteiger partial charge in [0.1, 0.15) is 23.2 Å². The van der Waals surface area contributed by atoms with Gasteiger partial charge < -0.3 is 10.6 Å². The number of ketones is 1. The van der Waals surface area contributed by atoms with Crippen molar-refractivity contribution in [1.82, 2.24) is 15.3 Å². The number of hydrogen-bond donors (Lipinski definition) is 2. The number of aryl methyl sites for hydroxylation is 1. The fraction of sp³-hybridized carbons (Fsp3) is 0.143. The second-order valence-electron chi connectivity index (χ2n) is 6.22. The smallest absolute Gasteiger partial charge is 0.270 e. The zero-order chi connectivity index (χ0) is 20.1. The molecule has 2 N–H and O–H groups in total. The molecule has 0 spiro atoms. The number of amides is 1. The van der Waals surface area contributed by atoms with Gasteiger partial charge in [-0.3, -0.25) is 9.59 Å². The van der Waals surface area contributed by atoms with E-state index in [0.717, 1.165) is 5.69 Å². The van der Waals surface area contributed by atoms with E-state index in [1.807, 2.05) is 0 Å². The van der Waals surface area contributed by atoms with E-state index >= 15 is 0 Å². The van der Waals surface area contributed by atoms with Gasteiger partial charge in [-0.1, -0.05) is 18.2 Å². The fourth-order valence-electron chi connectivity index (χ4n) is 2.59. The zero-order valence-corrected chi connectivity index (χ0v) is 15.5. The number of rotatable bonds is 6. The van der Waals surface area contributed by atoms with Gasteiger partial charge in [-0.15, -0.1) is 0 Å². The normalized spacial score (nSPS) is 10.4. The van der Waals surface area contributed by atoms with Gasteiger partial charge in [0.25, 0.3) is 5.91 Å². The molecule has 1 aromatic heterocycles. The van der Waals surface area contributed by atoms with E-state index in [1.54, 1.807) is 49.4 Å². The summed E-state index contributed by atoms with van der Waals surface area (Å²) >= 11 is 0. The van der Waals surface area contributed by atoms with Crippen LogP contribution < -0.4 is 10.6 Å². The summed E-state index contributed by atoms with van der Waals surface area (Å²) in [5.41, 5.74) is 1.90. The lowest BCUT2D eigenvalue weighted by molar-refractivity contribution is 0.0944. The van der Waals surface area contributed by atoms with Crippen LogP contribution in [-0.2, 0) is 6.54 Å². The first kappa shape index (κ1) is 19.2. The molecular weight excluding hydrogens is 359 g/mol. The Bertz CT molecular complexity index is 1020. The summed E-state index contributed by atoms with van der Waals surface area (Å²) in [5.74, 6) is 0.0421. The van der Waals surface area contributed by atoms with Crippen LogP contribution in [0.1, 0.15) is 39.2 Å². The van der Waals surface area contributed by atoms with Crippen LogP contribution in [0.2, 0.25) is 0 Å². The molecule has 28 heavy (non-hydrogen) atoms. The van der Waals surface area contributed by atoms with Gasteiger partial charge in [-0.25, -0.2) is 14.4 Å². The average molecular weight is 378 g/mol. The Kier molecular flexibility index (Phi) is 5.74. The minimum Gasteiger partial charge on any atom is -0.347 e. The number of nitrogens with zero attached hydrogens (tertiary/aromatic N) is 2. The first-order chi connectivity index (χ1) is 13.4. The number of carbonyl (C=O) groups is 2. The molecule has 0 aliphatic heterocycles. The van der Waals surface area contributed by atoms with Crippen molar-refractivity contribution in [3.05, 3.63) is 83.1 Å². The van der Waals surface area contributed by atoms with Crippen molar-refractivity contribution in [3.8, 4) is 0 Å². The molecule has 0 unspecified atom stereocenters. The monoisotopic (exact) mass is 378 g/mol. The topological polar surface area (TPSA) is 84.0 Å². The van der Waals surface area contributed by atoms with Crippen LogP contribution in [0, 0.1) is 12.7 Å². The van der Waals surface area contributed by atoms with Crippen molar-refractivity contribution in [2.75, 3.05) is 5.32 Å². The van der Waals surface area contributed by atoms with Crippen LogP contribution in [0.4, 0.5) is 15.9 Å². The van der Waals surface area contributed by atoms with Gasteiger partial charge in [-0.05, 0) is 44.2 Å². The highest BCUT2D eigenvalue weighted by Crippen LogP contribution is 2.17. The molecule has 6 nitrogen and oxygen atoms in total. The minimum absolute atomic E-state index is 0.0155. The molecule has 0 atom stereocenters. The Labute approximate surface area is 161 Å². The molecule has 0 bridgehead atoms. The standard InChI is InChI=1S/C21H19FN4O2/c1-13(27)15-7-9-17(10-8-15)26-20-11-19(24-14(2)25-20)21(28)23-12-16-5-3-4-6-18(16)22/h3-11H,12H2,1-2H3,(H,23,28)(H,24,25,26). The predicted octanol–water partition coefficient (Wildman–Crippen LogP) is 3.80. The van der Waals surface area contributed by atoms with E-state index in [1.165, 1.54) is 19.1 Å². The fourth-order valence-corrected chi connectivity index (χ4v) is 2.59. The highest BCUT2D eigenvalue weighted by Gasteiger charge is 2.12. The highest BCUT2D eigenvalue weighted by molar-refractivity contribution is 5.94. The minimum atomic E-state index is -0.427. The van der Waals surface area contributed by atoms with Crippen LogP contribution in [-0.4, -0.2) is 21.7 Å². The summed E-state index contributed by atoms with van der Waals surface area (Å²) < 4.78 is 13.7. The molecule has 0 fully saturated rings. The molecule has 0 aliphatic carbocycles. The Hall–Kier alpha value is -3.61. The number of hydrogen-bond acceptors (Lipinski definition) is 5. The van der Waals surface area contributed by atoms with Crippen LogP contribution >= 0.6 is 0 Å². The molecule has 1 amide bonds. The third kappa shape index (κ3) is 4.76. The average Bonchev–Trinajstić information content (AvgIpc) is 2.67. The summed E-state index contributed by atoms with van der Waals surface area (Å²) in [6.45, 7) is 3.24. The van der Waals surface area contributed by atoms with Crippen molar-refractivity contribution in [3.63, 3.8) is 0 Å². The van der Waals surface area contributed by atoms with Crippen molar-refractivity contribution in [1.29, 1.82) is 0 Å². The number of halogens is 1. The van der Waals surface area contributed by atoms with Crippen LogP contribution in [0.25, 0.3) is 0 Å². The number of Topliss-reactive ketones (excluding diaryl/α,β-unsaturated/α-hetero) is 1. The van der Waals surface area contributed by atoms with Gasteiger partial charge in [0, 0.05) is 29.4 Å². The SMILES string of the molecule is CC(=O)c1ccc(Nc2cc(C(=O)NCc3ccccc3F)nc(C)n2)cc1. The Morgan fingerprint density at radius 1 is 1.04 bits per heavy atom. The number of nitrogens with one attached hydrogen (secondary N) is 2. The molecule has 0 saturated heterocycles. The van der Waals surface area contributed by atoms with Crippen molar-refractivity contribution in [2.45, 2.75) is 20.4 Å². The molecule has 0 aliphatic rings. The van der Waals surface area contributed by atoms with E-state index in [2.05, 4.69) is 20.6 Å². The third-order valence-corrected chi connectivity index (χ3v) is 4.03. The molecule has 1 heterocycles. The summed E-state index contributed by atoms with van der Waals surface area (Å²) in [4.78, 5) is 32.2. The van der Waals surface area contributed by atoms with Crippen molar-refractivity contribution >= 4 is 23.2 Å². The summed E-state index contributed by atoms with van der Waals surface area (Å²) in [5, 5.41) is 5.75. The maximum absolute atomic E-state index is 13.7. The largest absolute Gasteiger partial charge is 0.347 e. The summed E-state index contributed by atoms with van der Waals surface area (Å²) in [6.07, 6.45) is 0. The van der Waals surface area contributed by atoms with Crippen LogP contribution in [0.15, 0.2) is 54.6 Å². The molecule has 3 aromatic rings. The first-order valence-corrected chi connectivity index (χ1v) is 8.67. The summed E-state index contributed by atoms with van der Waals surface area (Å²) in [7, 11) is 0. The van der Waals surface area contributed by atoms with Gasteiger partial charge in [0.15, 0.2) is 5.78 Å². The lowest BCUT2D eigenvalue weighted by atomic mass is 10.1. The Morgan fingerprint density at radius 3 is 2.43 bits per heavy atom. The van der Waals surface area contributed by atoms with Crippen LogP contribution in [0.5, 0.6) is 0 Å². The molecule has 2 aromatic carbocycles. The highest BCUT2D eigenvalue weighted by atomic mass is 19.1. The van der Waals surface area contributed by atoms with Gasteiger partial charge >= 0.3 is 0 Å². The predicted molar refractivity (Wildman–Crippen MR) is 104 cm³/mol. The second kappa shape index (κ2) is 8.39. The molecule has 3 rings (SSSR count). The lowest BCUT2D eigenvalue weighted by Crippen LogP contribution is -2.25. The number of carbonyl (C=O) groups excluding carboxylic acids is 2. The zero-order valence-electron chi connectivity index (χ0n) is 15.5. The first-order valence-electron chi connectivity index (χ1n) is 8.67. The molecular formula is C21H19FN4O2. The van der Waals surface area contributed by atoms with E-state index < -0.39 is 5.91 Å². The Morgan fingerprint density at radius 2 is 1.75 bits per heavy atom. The van der Waals surface area contributed by atoms with E-state index in [0.29, 0.717) is 22.8 Å². The number of benzene rings is 2. The van der Waals surface area contributed by atoms with E-state index in [4.69, 9.17) is 0 Å². The third-order valence-electron chi connectivity index (χ3n) is 4.03. The van der Waals surface area contributed by atoms with Crippen molar-refractivity contribution in [2.24, 2.45) is 0 Å². The lowest BCUT2D eigenvalue weighted by Gasteiger charge is -2.10. The molecule has 0 saturated carbocycles. The number of anilines is 2. The van der Waals surface area contributed by atoms with E-state index in [9.17, 15) is 14.0 Å². The molecule has 142 valence electrons. The molecule has 7 heteroatoms. The van der Waals surface area contributed by atoms with Crippen molar-refractivity contribution < 1.29 is 14.0 Å². The molecule has 0 radical (unpaired) electrons. The maximum atomic E-state index is 13.7. The Balaban J connectivity index is 1.72. The quantitative estimate of drug-likeness (QED) is 0.638.